The maximum atomic E-state index is 12.8. The van der Waals surface area contributed by atoms with Crippen molar-refractivity contribution in [3.63, 3.8) is 0 Å². The van der Waals surface area contributed by atoms with E-state index >= 15 is 0 Å². The molecule has 5 rings (SSSR count). The quantitative estimate of drug-likeness (QED) is 0.0106. The fraction of sp³-hybridized carbons (Fsp3) is 0.701. The molecule has 1 aliphatic heterocycles. The highest BCUT2D eigenvalue weighted by atomic mass is 28.6. The molecule has 534 valence electrons. The zero-order valence-electron chi connectivity index (χ0n) is 59.6. The SMILES string of the molecule is CCCCCCCCCCCCOC(=O)CCNCCC[Si]1(O[Si](CCCNc2ccc(N=Nc3n(C)cc[n+]3C)cc2)(OC)O[Si](CCCNCCC(=O)OCCCCCCCCCCC)(OC)OC)O[Si](CCCNc2ccc(N=Nc3n(C)cc[n+]3C)cc2)(OC)O1. The van der Waals surface area contributed by atoms with Crippen LogP contribution in [0.2, 0.25) is 24.2 Å². The van der Waals surface area contributed by atoms with Gasteiger partial charge in [0, 0.05) is 100 Å². The summed E-state index contributed by atoms with van der Waals surface area (Å²) in [7, 11) is -0.0714. The maximum absolute atomic E-state index is 12.8. The lowest BCUT2D eigenvalue weighted by Crippen LogP contribution is -2.76. The van der Waals surface area contributed by atoms with E-state index in [1.54, 1.807) is 28.4 Å². The largest absolute Gasteiger partial charge is 0.493 e. The Labute approximate surface area is 573 Å². The number of unbranched alkanes of at least 4 members (excludes halogenated alkanes) is 17. The maximum Gasteiger partial charge on any atom is 0.493 e. The van der Waals surface area contributed by atoms with Gasteiger partial charge in [-0.1, -0.05) is 133 Å². The fourth-order valence-corrected chi connectivity index (χ4v) is 29.2. The Morgan fingerprint density at radius 1 is 0.484 bits per heavy atom. The number of imidazole rings is 2. The van der Waals surface area contributed by atoms with Gasteiger partial charge < -0.3 is 64.9 Å². The Hall–Kier alpha value is -4.93. The molecule has 0 radical (unpaired) electrons. The van der Waals surface area contributed by atoms with Crippen LogP contribution in [0, 0.1) is 0 Å². The van der Waals surface area contributed by atoms with E-state index in [4.69, 9.17) is 43.6 Å². The zero-order chi connectivity index (χ0) is 68.3. The van der Waals surface area contributed by atoms with E-state index in [0.29, 0.717) is 102 Å². The van der Waals surface area contributed by atoms with Crippen molar-refractivity contribution < 1.29 is 62.4 Å². The van der Waals surface area contributed by atoms with Gasteiger partial charge in [0.25, 0.3) is 0 Å². The number of benzene rings is 2. The molecule has 24 nitrogen and oxygen atoms in total. The number of hydrogen-bond donors (Lipinski definition) is 4. The Balaban J connectivity index is 1.24. The zero-order valence-corrected chi connectivity index (χ0v) is 63.6. The van der Waals surface area contributed by atoms with Crippen LogP contribution in [-0.4, -0.2) is 137 Å². The van der Waals surface area contributed by atoms with Crippen molar-refractivity contribution in [1.29, 1.82) is 0 Å². The Morgan fingerprint density at radius 3 is 1.29 bits per heavy atom. The number of carbonyl (C=O) groups is 2. The predicted octanol–water partition coefficient (Wildman–Crippen LogP) is 13.8. The minimum atomic E-state index is -3.85. The molecule has 3 heterocycles. The number of aromatic nitrogens is 4. The van der Waals surface area contributed by atoms with Gasteiger partial charge in [0.15, 0.2) is 0 Å². The van der Waals surface area contributed by atoms with Crippen LogP contribution in [0.15, 0.2) is 93.8 Å². The molecule has 95 heavy (non-hydrogen) atoms. The van der Waals surface area contributed by atoms with E-state index in [2.05, 4.69) is 55.6 Å². The van der Waals surface area contributed by atoms with Gasteiger partial charge in [-0.3, -0.25) is 9.59 Å². The molecule has 28 heteroatoms. The molecule has 2 aromatic carbocycles. The summed E-state index contributed by atoms with van der Waals surface area (Å²) in [6.45, 7) is 8.70. The Morgan fingerprint density at radius 2 is 0.874 bits per heavy atom. The molecule has 4 aromatic rings. The molecule has 0 bridgehead atoms. The average molecular weight is 1400 g/mol. The highest BCUT2D eigenvalue weighted by Gasteiger charge is 2.70. The highest BCUT2D eigenvalue weighted by molar-refractivity contribution is 6.92. The minimum Gasteiger partial charge on any atom is -0.466 e. The first kappa shape index (κ1) is 80.7. The number of aryl methyl sites for hydroxylation is 4. The van der Waals surface area contributed by atoms with Gasteiger partial charge in [0.2, 0.25) is 0 Å². The molecule has 2 aromatic heterocycles. The van der Waals surface area contributed by atoms with Crippen LogP contribution in [0.3, 0.4) is 0 Å². The number of carbonyl (C=O) groups excluding carboxylic acids is 2. The minimum absolute atomic E-state index is 0.196. The van der Waals surface area contributed by atoms with Gasteiger partial charge in [0.1, 0.15) is 11.4 Å². The summed E-state index contributed by atoms with van der Waals surface area (Å²) in [5.41, 5.74) is 3.31. The number of anilines is 2. The van der Waals surface area contributed by atoms with Gasteiger partial charge in [-0.05, 0) is 100 Å². The second-order valence-electron chi connectivity index (χ2n) is 24.8. The van der Waals surface area contributed by atoms with Gasteiger partial charge in [-0.2, -0.15) is 0 Å². The summed E-state index contributed by atoms with van der Waals surface area (Å²) >= 11 is 0. The lowest BCUT2D eigenvalue weighted by Gasteiger charge is -2.52. The van der Waals surface area contributed by atoms with Crippen LogP contribution < -0.4 is 30.4 Å². The Bertz CT molecular complexity index is 2740. The second kappa shape index (κ2) is 46.4. The molecule has 0 saturated carbocycles. The lowest BCUT2D eigenvalue weighted by molar-refractivity contribution is -0.657. The van der Waals surface area contributed by atoms with E-state index in [-0.39, 0.29) is 24.8 Å². The van der Waals surface area contributed by atoms with E-state index in [1.807, 2.05) is 120 Å². The van der Waals surface area contributed by atoms with Crippen LogP contribution >= 0.6 is 0 Å². The molecule has 4 N–H and O–H groups in total. The number of nitrogens with one attached hydrogen (secondary N) is 4. The van der Waals surface area contributed by atoms with E-state index in [0.717, 1.165) is 60.3 Å². The summed E-state index contributed by atoms with van der Waals surface area (Å²) < 4.78 is 73.1. The van der Waals surface area contributed by atoms with Crippen LogP contribution in [0.25, 0.3) is 0 Å². The van der Waals surface area contributed by atoms with Crippen molar-refractivity contribution in [2.75, 3.05) is 91.6 Å². The van der Waals surface area contributed by atoms with Crippen LogP contribution in [0.1, 0.15) is 174 Å². The number of hydrogen-bond acceptors (Lipinski definition) is 20. The van der Waals surface area contributed by atoms with Crippen molar-refractivity contribution in [2.45, 2.75) is 199 Å². The number of nitrogens with zero attached hydrogens (tertiary/aromatic N) is 8. The number of azo groups is 2. The third-order valence-corrected chi connectivity index (χ3v) is 33.3. The topological polar surface area (TPSA) is 242 Å². The molecule has 0 amide bonds. The lowest BCUT2D eigenvalue weighted by atomic mass is 10.1. The van der Waals surface area contributed by atoms with Crippen LogP contribution in [-0.2, 0) is 81.4 Å². The third kappa shape index (κ3) is 30.8. The van der Waals surface area contributed by atoms with Gasteiger partial charge in [-0.15, -0.1) is 0 Å². The number of esters is 2. The summed E-state index contributed by atoms with van der Waals surface area (Å²) in [6.07, 6.45) is 33.9. The molecule has 0 spiro atoms. The first-order valence-electron chi connectivity index (χ1n) is 35.5. The van der Waals surface area contributed by atoms with E-state index in [1.165, 1.54) is 96.3 Å². The highest BCUT2D eigenvalue weighted by Crippen LogP contribution is 2.43. The summed E-state index contributed by atoms with van der Waals surface area (Å²) in [5, 5.41) is 31.7. The Kier molecular flexibility index (Phi) is 39.4. The van der Waals surface area contributed by atoms with Crippen molar-refractivity contribution in [1.82, 2.24) is 19.8 Å². The second-order valence-corrected chi connectivity index (χ2v) is 37.2. The van der Waals surface area contributed by atoms with Crippen LogP contribution in [0.4, 0.5) is 34.6 Å². The molecule has 0 aliphatic carbocycles. The molecular weight excluding hydrogens is 1280 g/mol. The molecule has 1 unspecified atom stereocenters. The predicted molar refractivity (Wildman–Crippen MR) is 380 cm³/mol. The monoisotopic (exact) mass is 1400 g/mol. The van der Waals surface area contributed by atoms with E-state index < -0.39 is 35.2 Å². The van der Waals surface area contributed by atoms with Crippen molar-refractivity contribution in [3.05, 3.63) is 73.3 Å². The van der Waals surface area contributed by atoms with Crippen molar-refractivity contribution in [3.8, 4) is 0 Å². The van der Waals surface area contributed by atoms with Crippen molar-refractivity contribution in [2.24, 2.45) is 48.6 Å². The first-order chi connectivity index (χ1) is 46.2. The van der Waals surface area contributed by atoms with Gasteiger partial charge >= 0.3 is 59.1 Å². The third-order valence-electron chi connectivity index (χ3n) is 17.0. The molecule has 1 atom stereocenters. The molecule has 1 fully saturated rings. The van der Waals surface area contributed by atoms with Gasteiger partial charge in [0.05, 0.1) is 79.0 Å². The number of ether oxygens (including phenoxy) is 2. The summed E-state index contributed by atoms with van der Waals surface area (Å²) in [5.74, 6) is 1.07. The standard InChI is InChI=1S/C67H118N12O12Si4/c1-11-13-15-17-19-21-23-25-27-29-55-87-65(81)43-49-69-45-31-59-95(90-94(85-10,91-95)58-33-47-71-61-36-40-63(41-37-61)73-75-67-78(5)52-53-79(67)6)89-93(84-9,57-32-46-70-60-34-38-62(39-35-60)72-74-66-76(3)50-51-77(66)4)88-92(82-7,83-8)56-30-44-68-48-42-64(80)86-54-28-26-24-22-20-18-16-14-12-2/h34-41,50-53,68-69H,11-33,42-49,54-59H2,1-10H3/p+2. The van der Waals surface area contributed by atoms with Gasteiger partial charge in [-0.25, -0.2) is 18.3 Å². The first-order valence-corrected chi connectivity index (χ1v) is 43.2. The van der Waals surface area contributed by atoms with Crippen LogP contribution in [0.5, 0.6) is 0 Å². The average Bonchev–Trinajstić information content (AvgIpc) is 1.25. The molecule has 1 aliphatic rings. The molecule has 1 saturated heterocycles. The van der Waals surface area contributed by atoms with Crippen molar-refractivity contribution >= 4 is 81.8 Å². The fourth-order valence-electron chi connectivity index (χ4n) is 11.2. The number of rotatable bonds is 57. The molecular formula is C67H120N12O12Si4+2. The normalized spacial score (nSPS) is 16.4. The smallest absolute Gasteiger partial charge is 0.466 e. The summed E-state index contributed by atoms with van der Waals surface area (Å²) in [4.78, 5) is 25.4. The van der Waals surface area contributed by atoms with E-state index in [9.17, 15) is 9.59 Å². The summed E-state index contributed by atoms with van der Waals surface area (Å²) in [6, 6.07) is 17.4.